The molecule has 1 nitrogen and oxygen atoms in total. The summed E-state index contributed by atoms with van der Waals surface area (Å²) >= 11 is 0. The molecule has 2 rings (SSSR count). The molecule has 62 valence electrons. The quantitative estimate of drug-likeness (QED) is 0.510. The van der Waals surface area contributed by atoms with Crippen LogP contribution in [0.1, 0.15) is 22.3 Å². The van der Waals surface area contributed by atoms with E-state index in [4.69, 9.17) is 0 Å². The number of fused-ring (bicyclic) bond motifs is 1. The number of hydrogen-bond acceptors (Lipinski definition) is 0. The first kappa shape index (κ1) is 7.53. The molecule has 0 radical (unpaired) electrons. The topological polar surface area (TPSA) is 3.01 Å². The SMILES string of the molecule is Cc1ccc(C)c2c1C=[N+](C)C2. The van der Waals surface area contributed by atoms with E-state index in [1.807, 2.05) is 0 Å². The van der Waals surface area contributed by atoms with Gasteiger partial charge in [-0.1, -0.05) is 12.1 Å². The van der Waals surface area contributed by atoms with E-state index in [0.717, 1.165) is 6.54 Å². The van der Waals surface area contributed by atoms with Crippen molar-refractivity contribution in [3.8, 4) is 0 Å². The number of nitrogens with zero attached hydrogens (tertiary/aromatic N) is 1. The summed E-state index contributed by atoms with van der Waals surface area (Å²) in [4.78, 5) is 0. The molecule has 1 aliphatic heterocycles. The normalized spacial score (nSPS) is 14.4. The van der Waals surface area contributed by atoms with E-state index < -0.39 is 0 Å². The lowest BCUT2D eigenvalue weighted by atomic mass is 10.00. The van der Waals surface area contributed by atoms with Crippen molar-refractivity contribution in [3.63, 3.8) is 0 Å². The molecule has 0 unspecified atom stereocenters. The summed E-state index contributed by atoms with van der Waals surface area (Å²) in [7, 11) is 2.12. The molecule has 0 aromatic heterocycles. The fourth-order valence-corrected chi connectivity index (χ4v) is 1.80. The van der Waals surface area contributed by atoms with Crippen molar-refractivity contribution >= 4 is 6.21 Å². The van der Waals surface area contributed by atoms with E-state index in [9.17, 15) is 0 Å². The monoisotopic (exact) mass is 160 g/mol. The van der Waals surface area contributed by atoms with Crippen LogP contribution < -0.4 is 0 Å². The third-order valence-electron chi connectivity index (χ3n) is 2.57. The standard InChI is InChI=1S/C11H14N/c1-8-4-5-9(2)11-7-12(3)6-10(8)11/h4-6H,7H2,1-3H3/q+1. The van der Waals surface area contributed by atoms with E-state index in [1.165, 1.54) is 22.3 Å². The van der Waals surface area contributed by atoms with Crippen molar-refractivity contribution in [2.75, 3.05) is 7.05 Å². The smallest absolute Gasteiger partial charge is 0.171 e. The van der Waals surface area contributed by atoms with Crippen LogP contribution in [-0.2, 0) is 6.54 Å². The molecule has 1 heteroatoms. The van der Waals surface area contributed by atoms with Gasteiger partial charge in [-0.05, 0) is 25.0 Å². The highest BCUT2D eigenvalue weighted by Crippen LogP contribution is 2.20. The Balaban J connectivity index is 2.66. The lowest BCUT2D eigenvalue weighted by Gasteiger charge is -2.01. The molecule has 12 heavy (non-hydrogen) atoms. The highest BCUT2D eigenvalue weighted by Gasteiger charge is 2.18. The minimum Gasteiger partial charge on any atom is -0.234 e. The summed E-state index contributed by atoms with van der Waals surface area (Å²) in [5.41, 5.74) is 5.73. The van der Waals surface area contributed by atoms with Crippen molar-refractivity contribution in [1.82, 2.24) is 0 Å². The van der Waals surface area contributed by atoms with E-state index in [-0.39, 0.29) is 0 Å². The van der Waals surface area contributed by atoms with E-state index in [2.05, 4.69) is 43.8 Å². The number of hydrogen-bond donors (Lipinski definition) is 0. The Morgan fingerprint density at radius 3 is 2.50 bits per heavy atom. The van der Waals surface area contributed by atoms with Gasteiger partial charge >= 0.3 is 0 Å². The number of rotatable bonds is 0. The van der Waals surface area contributed by atoms with Crippen LogP contribution in [-0.4, -0.2) is 17.8 Å². The third kappa shape index (κ3) is 0.970. The molecule has 1 aromatic carbocycles. The number of benzene rings is 1. The van der Waals surface area contributed by atoms with Crippen LogP contribution in [0.25, 0.3) is 0 Å². The lowest BCUT2D eigenvalue weighted by molar-refractivity contribution is -0.504. The van der Waals surface area contributed by atoms with Crippen LogP contribution >= 0.6 is 0 Å². The maximum atomic E-state index is 2.24. The number of aryl methyl sites for hydroxylation is 2. The lowest BCUT2D eigenvalue weighted by Crippen LogP contribution is -1.97. The first-order chi connectivity index (χ1) is 5.68. The largest absolute Gasteiger partial charge is 0.234 e. The maximum absolute atomic E-state index is 2.24. The highest BCUT2D eigenvalue weighted by atomic mass is 15.0. The molecule has 1 heterocycles. The maximum Gasteiger partial charge on any atom is 0.171 e. The summed E-state index contributed by atoms with van der Waals surface area (Å²) in [6, 6.07) is 4.41. The van der Waals surface area contributed by atoms with Crippen LogP contribution in [0.2, 0.25) is 0 Å². The summed E-state index contributed by atoms with van der Waals surface area (Å²) in [5.74, 6) is 0. The Labute approximate surface area is 73.4 Å². The zero-order chi connectivity index (χ0) is 8.72. The van der Waals surface area contributed by atoms with Gasteiger partial charge in [0.05, 0.1) is 5.56 Å². The zero-order valence-corrected chi connectivity index (χ0v) is 7.89. The van der Waals surface area contributed by atoms with Crippen LogP contribution in [0, 0.1) is 13.8 Å². The van der Waals surface area contributed by atoms with Gasteiger partial charge in [-0.2, -0.15) is 0 Å². The molecule has 0 aliphatic carbocycles. The Hall–Kier alpha value is -1.11. The summed E-state index contributed by atoms with van der Waals surface area (Å²) < 4.78 is 2.24. The molecule has 0 bridgehead atoms. The van der Waals surface area contributed by atoms with Gasteiger partial charge in [0.2, 0.25) is 0 Å². The zero-order valence-electron chi connectivity index (χ0n) is 7.89. The average molecular weight is 160 g/mol. The molecule has 0 amide bonds. The molecule has 0 saturated heterocycles. The van der Waals surface area contributed by atoms with E-state index >= 15 is 0 Å². The molecule has 0 N–H and O–H groups in total. The second-order valence-electron chi connectivity index (χ2n) is 3.64. The van der Waals surface area contributed by atoms with Crippen molar-refractivity contribution < 1.29 is 4.58 Å². The average Bonchev–Trinajstić information content (AvgIpc) is 2.41. The van der Waals surface area contributed by atoms with Crippen LogP contribution in [0.3, 0.4) is 0 Å². The van der Waals surface area contributed by atoms with Crippen LogP contribution in [0.15, 0.2) is 12.1 Å². The third-order valence-corrected chi connectivity index (χ3v) is 2.57. The molecule has 1 aromatic rings. The first-order valence-electron chi connectivity index (χ1n) is 4.32. The van der Waals surface area contributed by atoms with Gasteiger partial charge in [0, 0.05) is 5.56 Å². The Morgan fingerprint density at radius 2 is 1.83 bits per heavy atom. The van der Waals surface area contributed by atoms with Crippen LogP contribution in [0.4, 0.5) is 0 Å². The van der Waals surface area contributed by atoms with Gasteiger partial charge in [0.1, 0.15) is 7.05 Å². The summed E-state index contributed by atoms with van der Waals surface area (Å²) in [6.45, 7) is 5.43. The second-order valence-corrected chi connectivity index (χ2v) is 3.64. The molecule has 0 atom stereocenters. The van der Waals surface area contributed by atoms with Gasteiger partial charge in [0.25, 0.3) is 0 Å². The molecular formula is C11H14N+. The molecule has 0 spiro atoms. The second kappa shape index (κ2) is 2.44. The van der Waals surface area contributed by atoms with Crippen LogP contribution in [0.5, 0.6) is 0 Å². The van der Waals surface area contributed by atoms with Gasteiger partial charge in [0.15, 0.2) is 12.8 Å². The highest BCUT2D eigenvalue weighted by molar-refractivity contribution is 5.82. The minimum atomic E-state index is 1.07. The van der Waals surface area contributed by atoms with Gasteiger partial charge in [-0.15, -0.1) is 0 Å². The summed E-state index contributed by atoms with van der Waals surface area (Å²) in [5, 5.41) is 0. The fraction of sp³-hybridized carbons (Fsp3) is 0.364. The Bertz CT molecular complexity index is 362. The van der Waals surface area contributed by atoms with Gasteiger partial charge in [-0.25, -0.2) is 4.58 Å². The molecule has 1 aliphatic rings. The predicted molar refractivity (Wildman–Crippen MR) is 51.0 cm³/mol. The van der Waals surface area contributed by atoms with Crippen molar-refractivity contribution in [1.29, 1.82) is 0 Å². The van der Waals surface area contributed by atoms with Crippen molar-refractivity contribution in [2.24, 2.45) is 0 Å². The van der Waals surface area contributed by atoms with Crippen molar-refractivity contribution in [3.05, 3.63) is 34.4 Å². The Morgan fingerprint density at radius 1 is 1.17 bits per heavy atom. The minimum absolute atomic E-state index is 1.07. The Kier molecular flexibility index (Phi) is 1.53. The van der Waals surface area contributed by atoms with Gasteiger partial charge < -0.3 is 0 Å². The fourth-order valence-electron chi connectivity index (χ4n) is 1.80. The molecule has 0 fully saturated rings. The van der Waals surface area contributed by atoms with Crippen molar-refractivity contribution in [2.45, 2.75) is 20.4 Å². The van der Waals surface area contributed by atoms with E-state index in [0.29, 0.717) is 0 Å². The van der Waals surface area contributed by atoms with E-state index in [1.54, 1.807) is 0 Å². The molecule has 0 saturated carbocycles. The first-order valence-corrected chi connectivity index (χ1v) is 4.32. The summed E-state index contributed by atoms with van der Waals surface area (Å²) in [6.07, 6.45) is 2.23. The molecular weight excluding hydrogens is 146 g/mol. The predicted octanol–water partition coefficient (Wildman–Crippen LogP) is 1.88. The van der Waals surface area contributed by atoms with Gasteiger partial charge in [-0.3, -0.25) is 0 Å².